The Kier molecular flexibility index (Phi) is 6.47. The fourth-order valence-corrected chi connectivity index (χ4v) is 5.04. The van der Waals surface area contributed by atoms with Gasteiger partial charge in [0.25, 0.3) is 0 Å². The molecule has 0 radical (unpaired) electrons. The van der Waals surface area contributed by atoms with E-state index < -0.39 is 17.6 Å². The van der Waals surface area contributed by atoms with Gasteiger partial charge in [-0.25, -0.2) is 9.37 Å². The van der Waals surface area contributed by atoms with E-state index in [1.165, 1.54) is 0 Å². The van der Waals surface area contributed by atoms with Crippen molar-refractivity contribution in [3.63, 3.8) is 0 Å². The van der Waals surface area contributed by atoms with Crippen molar-refractivity contribution in [1.82, 2.24) is 14.5 Å². The van der Waals surface area contributed by atoms with Crippen LogP contribution in [0.2, 0.25) is 0 Å². The minimum Gasteiger partial charge on any atom is -0.331 e. The highest BCUT2D eigenvalue weighted by molar-refractivity contribution is 5.92. The lowest BCUT2D eigenvalue weighted by Crippen LogP contribution is -2.28. The number of aromatic nitrogens is 3. The topological polar surface area (TPSA) is 59.8 Å². The summed E-state index contributed by atoms with van der Waals surface area (Å²) >= 11 is 0. The van der Waals surface area contributed by atoms with Crippen molar-refractivity contribution in [1.29, 1.82) is 0 Å². The summed E-state index contributed by atoms with van der Waals surface area (Å²) in [6.45, 7) is 1.97. The maximum Gasteiger partial charge on any atom is 0.416 e. The fraction of sp³-hybridized carbons (Fsp3) is 0.321. The fourth-order valence-electron chi connectivity index (χ4n) is 5.04. The van der Waals surface area contributed by atoms with Gasteiger partial charge in [-0.1, -0.05) is 18.6 Å². The van der Waals surface area contributed by atoms with Gasteiger partial charge >= 0.3 is 6.18 Å². The number of imidazole rings is 1. The molecule has 5 nitrogen and oxygen atoms in total. The first kappa shape index (κ1) is 24.9. The molecule has 1 aliphatic carbocycles. The minimum absolute atomic E-state index is 0.0666. The Morgan fingerprint density at radius 2 is 1.84 bits per heavy atom. The molecule has 1 N–H and O–H groups in total. The number of carbonyl (C=O) groups excluding carboxylic acids is 1. The van der Waals surface area contributed by atoms with Crippen molar-refractivity contribution >= 4 is 22.6 Å². The van der Waals surface area contributed by atoms with Gasteiger partial charge in [-0.3, -0.25) is 9.78 Å². The number of halogens is 4. The molecule has 5 rings (SSSR count). The molecule has 1 saturated carbocycles. The number of nitrogens with zero attached hydrogens (tertiary/aromatic N) is 3. The number of nitrogens with one attached hydrogen (secondary N) is 1. The molecule has 2 aromatic heterocycles. The maximum atomic E-state index is 14.2. The molecule has 2 heterocycles. The van der Waals surface area contributed by atoms with Gasteiger partial charge in [-0.15, -0.1) is 0 Å². The van der Waals surface area contributed by atoms with Gasteiger partial charge in [0.1, 0.15) is 11.6 Å². The average Bonchev–Trinajstić information content (AvgIpc) is 3.17. The van der Waals surface area contributed by atoms with Crippen molar-refractivity contribution in [3.8, 4) is 11.1 Å². The molecule has 2 atom stereocenters. The van der Waals surface area contributed by atoms with Gasteiger partial charge < -0.3 is 9.88 Å². The maximum absolute atomic E-state index is 14.2. The van der Waals surface area contributed by atoms with Crippen LogP contribution >= 0.6 is 0 Å². The summed E-state index contributed by atoms with van der Waals surface area (Å²) < 4.78 is 54.6. The molecule has 1 aliphatic rings. The summed E-state index contributed by atoms with van der Waals surface area (Å²) in [5.41, 5.74) is 3.52. The zero-order valence-electron chi connectivity index (χ0n) is 20.4. The highest BCUT2D eigenvalue weighted by atomic mass is 19.4. The normalized spacial score (nSPS) is 18.2. The number of benzene rings is 2. The van der Waals surface area contributed by atoms with E-state index in [2.05, 4.69) is 15.3 Å². The van der Waals surface area contributed by atoms with Crippen molar-refractivity contribution in [2.75, 3.05) is 5.32 Å². The molecule has 0 spiro atoms. The van der Waals surface area contributed by atoms with Crippen LogP contribution in [0.1, 0.15) is 48.7 Å². The number of hydrogen-bond acceptors (Lipinski definition) is 3. The number of carbonyl (C=O) groups is 1. The number of pyridine rings is 1. The third-order valence-electron chi connectivity index (χ3n) is 7.24. The number of rotatable bonds is 4. The molecule has 37 heavy (non-hydrogen) atoms. The van der Waals surface area contributed by atoms with Crippen LogP contribution in [0.5, 0.6) is 0 Å². The molecule has 1 amide bonds. The van der Waals surface area contributed by atoms with Crippen LogP contribution < -0.4 is 5.32 Å². The first-order valence-electron chi connectivity index (χ1n) is 12.2. The Morgan fingerprint density at radius 1 is 1.05 bits per heavy atom. The van der Waals surface area contributed by atoms with Crippen molar-refractivity contribution in [2.45, 2.75) is 44.7 Å². The molecule has 0 aliphatic heterocycles. The molecule has 9 heteroatoms. The summed E-state index contributed by atoms with van der Waals surface area (Å²) in [5, 5.41) is 2.47. The quantitative estimate of drug-likeness (QED) is 0.300. The molecule has 4 aromatic rings. The Balaban J connectivity index is 1.27. The molecular formula is C28H26F4N4O. The third-order valence-corrected chi connectivity index (χ3v) is 7.24. The van der Waals surface area contributed by atoms with Crippen molar-refractivity contribution in [3.05, 3.63) is 77.6 Å². The van der Waals surface area contributed by atoms with E-state index in [-0.39, 0.29) is 23.4 Å². The Labute approximate surface area is 211 Å². The van der Waals surface area contributed by atoms with E-state index in [4.69, 9.17) is 0 Å². The lowest BCUT2D eigenvalue weighted by Gasteiger charge is -2.28. The van der Waals surface area contributed by atoms with Crippen LogP contribution in [0.3, 0.4) is 0 Å². The van der Waals surface area contributed by atoms with Gasteiger partial charge in [0.2, 0.25) is 5.91 Å². The van der Waals surface area contributed by atoms with Crippen LogP contribution in [0.4, 0.5) is 23.2 Å². The molecule has 0 bridgehead atoms. The number of fused-ring (bicyclic) bond motifs is 1. The summed E-state index contributed by atoms with van der Waals surface area (Å²) in [4.78, 5) is 22.1. The molecule has 2 aromatic carbocycles. The summed E-state index contributed by atoms with van der Waals surface area (Å²) in [7, 11) is 1.98. The zero-order chi connectivity index (χ0) is 26.3. The van der Waals surface area contributed by atoms with Crippen LogP contribution in [-0.2, 0) is 18.0 Å². The monoisotopic (exact) mass is 510 g/mol. The highest BCUT2D eigenvalue weighted by Gasteiger charge is 2.32. The smallest absolute Gasteiger partial charge is 0.331 e. The van der Waals surface area contributed by atoms with Gasteiger partial charge in [-0.2, -0.15) is 13.2 Å². The lowest BCUT2D eigenvalue weighted by atomic mass is 9.79. The molecule has 192 valence electrons. The summed E-state index contributed by atoms with van der Waals surface area (Å²) in [6, 6.07) is 12.2. The molecule has 0 saturated heterocycles. The summed E-state index contributed by atoms with van der Waals surface area (Å²) in [5.74, 6) is -0.864. The predicted octanol–water partition coefficient (Wildman–Crippen LogP) is 7.01. The Bertz CT molecular complexity index is 1460. The van der Waals surface area contributed by atoms with E-state index in [1.807, 2.05) is 55.1 Å². The molecule has 2 unspecified atom stereocenters. The standard InChI is InChI=1S/C28H26F4N4O/c1-16-34-25-13-17(7-11-26(25)36(16)2)20-6-9-23(33-15-20)18-4-3-5-19(12-18)27(37)35-24-10-8-21(14-22(24)29)28(30,31)32/h6-11,13-15,18-19H,3-5,12H2,1-2H3,(H,35,37). The van der Waals surface area contributed by atoms with Crippen LogP contribution in [-0.4, -0.2) is 20.4 Å². The predicted molar refractivity (Wildman–Crippen MR) is 133 cm³/mol. The van der Waals surface area contributed by atoms with Gasteiger partial charge in [0.05, 0.1) is 22.3 Å². The number of alkyl halides is 3. The Morgan fingerprint density at radius 3 is 2.54 bits per heavy atom. The highest BCUT2D eigenvalue weighted by Crippen LogP contribution is 2.37. The van der Waals surface area contributed by atoms with Crippen LogP contribution in [0.25, 0.3) is 22.2 Å². The second-order valence-corrected chi connectivity index (χ2v) is 9.64. The van der Waals surface area contributed by atoms with E-state index in [0.717, 1.165) is 58.7 Å². The van der Waals surface area contributed by atoms with Gasteiger partial charge in [-0.05, 0) is 68.1 Å². The van der Waals surface area contributed by atoms with Gasteiger partial charge in [0.15, 0.2) is 0 Å². The first-order valence-corrected chi connectivity index (χ1v) is 12.2. The van der Waals surface area contributed by atoms with E-state index >= 15 is 0 Å². The number of anilines is 1. The number of aryl methyl sites for hydroxylation is 2. The van der Waals surface area contributed by atoms with Crippen molar-refractivity contribution in [2.24, 2.45) is 13.0 Å². The number of amides is 1. The third kappa shape index (κ3) is 5.08. The lowest BCUT2D eigenvalue weighted by molar-refractivity contribution is -0.137. The number of hydrogen-bond donors (Lipinski definition) is 1. The van der Waals surface area contributed by atoms with Crippen LogP contribution in [0.15, 0.2) is 54.7 Å². The first-order chi connectivity index (χ1) is 17.6. The minimum atomic E-state index is -4.65. The average molecular weight is 511 g/mol. The SMILES string of the molecule is Cc1nc2cc(-c3ccc(C4CCCC(C(=O)Nc5ccc(C(F)(F)F)cc5F)C4)nc3)ccc2n1C. The summed E-state index contributed by atoms with van der Waals surface area (Å²) in [6.07, 6.45) is 0.0351. The largest absolute Gasteiger partial charge is 0.416 e. The van der Waals surface area contributed by atoms with E-state index in [0.29, 0.717) is 18.9 Å². The van der Waals surface area contributed by atoms with Crippen molar-refractivity contribution < 1.29 is 22.4 Å². The molecule has 1 fully saturated rings. The van der Waals surface area contributed by atoms with E-state index in [9.17, 15) is 22.4 Å². The second-order valence-electron chi connectivity index (χ2n) is 9.64. The van der Waals surface area contributed by atoms with Gasteiger partial charge in [0, 0.05) is 36.3 Å². The zero-order valence-corrected chi connectivity index (χ0v) is 20.4. The van der Waals surface area contributed by atoms with E-state index in [1.54, 1.807) is 0 Å². The Hall–Kier alpha value is -3.75. The second kappa shape index (κ2) is 9.61. The van der Waals surface area contributed by atoms with Crippen LogP contribution in [0, 0.1) is 18.7 Å². The molecular weight excluding hydrogens is 484 g/mol.